The van der Waals surface area contributed by atoms with Crippen molar-refractivity contribution >= 4 is 22.6 Å². The standard InChI is InChI=1S/C15H24INO/c1-5-7-14(11-17-15(2,3)4)18-13-9-6-8-12(16)10-13/h6,8-10,14,17H,5,7,11H2,1-4H3. The zero-order valence-corrected chi connectivity index (χ0v) is 14.0. The first kappa shape index (κ1) is 15.8. The van der Waals surface area contributed by atoms with E-state index in [9.17, 15) is 0 Å². The van der Waals surface area contributed by atoms with E-state index in [2.05, 4.69) is 67.7 Å². The fourth-order valence-corrected chi connectivity index (χ4v) is 2.19. The van der Waals surface area contributed by atoms with Gasteiger partial charge in [0.25, 0.3) is 0 Å². The van der Waals surface area contributed by atoms with Gasteiger partial charge in [-0.1, -0.05) is 19.4 Å². The number of ether oxygens (including phenoxy) is 1. The summed E-state index contributed by atoms with van der Waals surface area (Å²) in [6, 6.07) is 8.23. The SMILES string of the molecule is CCCC(CNC(C)(C)C)Oc1cccc(I)c1. The lowest BCUT2D eigenvalue weighted by atomic mass is 10.1. The molecule has 0 bridgehead atoms. The molecule has 0 radical (unpaired) electrons. The van der Waals surface area contributed by atoms with Crippen LogP contribution < -0.4 is 10.1 Å². The van der Waals surface area contributed by atoms with E-state index in [1.165, 1.54) is 3.57 Å². The normalized spacial score (nSPS) is 13.4. The Balaban J connectivity index is 2.57. The van der Waals surface area contributed by atoms with E-state index in [-0.39, 0.29) is 11.6 Å². The number of hydrogen-bond donors (Lipinski definition) is 1. The van der Waals surface area contributed by atoms with Gasteiger partial charge in [-0.3, -0.25) is 0 Å². The Morgan fingerprint density at radius 3 is 2.61 bits per heavy atom. The molecule has 0 fully saturated rings. The highest BCUT2D eigenvalue weighted by atomic mass is 127. The first-order valence-electron chi connectivity index (χ1n) is 6.58. The van der Waals surface area contributed by atoms with E-state index >= 15 is 0 Å². The third-order valence-corrected chi connectivity index (χ3v) is 3.24. The molecule has 1 rings (SSSR count). The molecule has 0 aliphatic heterocycles. The molecule has 1 unspecified atom stereocenters. The first-order chi connectivity index (χ1) is 8.40. The monoisotopic (exact) mass is 361 g/mol. The average Bonchev–Trinajstić information content (AvgIpc) is 2.25. The lowest BCUT2D eigenvalue weighted by Crippen LogP contribution is -2.42. The van der Waals surface area contributed by atoms with Gasteiger partial charge >= 0.3 is 0 Å². The van der Waals surface area contributed by atoms with Crippen molar-refractivity contribution in [2.24, 2.45) is 0 Å². The van der Waals surface area contributed by atoms with Gasteiger partial charge in [0.05, 0.1) is 0 Å². The summed E-state index contributed by atoms with van der Waals surface area (Å²) >= 11 is 2.31. The maximum Gasteiger partial charge on any atom is 0.120 e. The van der Waals surface area contributed by atoms with E-state index in [1.54, 1.807) is 0 Å². The quantitative estimate of drug-likeness (QED) is 0.766. The fourth-order valence-electron chi connectivity index (χ4n) is 1.68. The van der Waals surface area contributed by atoms with Crippen molar-refractivity contribution in [3.63, 3.8) is 0 Å². The van der Waals surface area contributed by atoms with Crippen LogP contribution in [0.2, 0.25) is 0 Å². The van der Waals surface area contributed by atoms with Gasteiger partial charge in [-0.25, -0.2) is 0 Å². The highest BCUT2D eigenvalue weighted by Crippen LogP contribution is 2.17. The Morgan fingerprint density at radius 1 is 1.33 bits per heavy atom. The Kier molecular flexibility index (Phi) is 6.43. The van der Waals surface area contributed by atoms with Crippen LogP contribution in [0.3, 0.4) is 0 Å². The van der Waals surface area contributed by atoms with Crippen LogP contribution in [0.5, 0.6) is 5.75 Å². The lowest BCUT2D eigenvalue weighted by molar-refractivity contribution is 0.175. The van der Waals surface area contributed by atoms with Crippen molar-refractivity contribution in [3.05, 3.63) is 27.8 Å². The molecule has 1 atom stereocenters. The van der Waals surface area contributed by atoms with Crippen LogP contribution in [0.15, 0.2) is 24.3 Å². The maximum absolute atomic E-state index is 6.06. The molecule has 18 heavy (non-hydrogen) atoms. The Bertz CT molecular complexity index is 360. The third-order valence-electron chi connectivity index (χ3n) is 2.57. The van der Waals surface area contributed by atoms with E-state index in [0.717, 1.165) is 25.1 Å². The molecule has 1 aromatic carbocycles. The van der Waals surface area contributed by atoms with Gasteiger partial charge in [-0.05, 0) is 68.0 Å². The molecule has 1 N–H and O–H groups in total. The predicted molar refractivity (Wildman–Crippen MR) is 86.2 cm³/mol. The molecular weight excluding hydrogens is 337 g/mol. The molecule has 0 aromatic heterocycles. The van der Waals surface area contributed by atoms with Gasteiger partial charge in [0.15, 0.2) is 0 Å². The minimum absolute atomic E-state index is 0.139. The number of nitrogens with one attached hydrogen (secondary N) is 1. The van der Waals surface area contributed by atoms with Crippen LogP contribution >= 0.6 is 22.6 Å². The summed E-state index contributed by atoms with van der Waals surface area (Å²) < 4.78 is 7.28. The molecule has 1 aromatic rings. The van der Waals surface area contributed by atoms with Gasteiger partial charge in [0, 0.05) is 15.7 Å². The fraction of sp³-hybridized carbons (Fsp3) is 0.600. The molecule has 0 aliphatic carbocycles. The minimum Gasteiger partial charge on any atom is -0.489 e. The molecule has 102 valence electrons. The van der Waals surface area contributed by atoms with E-state index < -0.39 is 0 Å². The molecule has 0 spiro atoms. The van der Waals surface area contributed by atoms with Crippen LogP contribution in [0.25, 0.3) is 0 Å². The number of rotatable bonds is 6. The second-order valence-corrected chi connectivity index (χ2v) is 6.86. The summed E-state index contributed by atoms with van der Waals surface area (Å²) in [5.74, 6) is 0.969. The van der Waals surface area contributed by atoms with Crippen molar-refractivity contribution in [1.29, 1.82) is 0 Å². The molecule has 0 aliphatic rings. The van der Waals surface area contributed by atoms with Gasteiger partial charge in [-0.15, -0.1) is 0 Å². The molecule has 0 amide bonds. The Hall–Kier alpha value is -0.290. The number of hydrogen-bond acceptors (Lipinski definition) is 2. The molecule has 0 heterocycles. The topological polar surface area (TPSA) is 21.3 Å². The maximum atomic E-state index is 6.06. The summed E-state index contributed by atoms with van der Waals surface area (Å²) in [5.41, 5.74) is 0.139. The van der Waals surface area contributed by atoms with Crippen molar-refractivity contribution in [3.8, 4) is 5.75 Å². The van der Waals surface area contributed by atoms with Gasteiger partial charge in [0.2, 0.25) is 0 Å². The molecule has 0 saturated heterocycles. The van der Waals surface area contributed by atoms with Crippen molar-refractivity contribution < 1.29 is 4.74 Å². The van der Waals surface area contributed by atoms with E-state index in [0.29, 0.717) is 0 Å². The second kappa shape index (κ2) is 7.34. The number of halogens is 1. The van der Waals surface area contributed by atoms with Crippen LogP contribution in [-0.2, 0) is 0 Å². The van der Waals surface area contributed by atoms with Crippen LogP contribution in [0.1, 0.15) is 40.5 Å². The molecule has 3 heteroatoms. The van der Waals surface area contributed by atoms with Crippen LogP contribution in [0, 0.1) is 3.57 Å². The lowest BCUT2D eigenvalue weighted by Gasteiger charge is -2.26. The van der Waals surface area contributed by atoms with Gasteiger partial charge in [-0.2, -0.15) is 0 Å². The first-order valence-corrected chi connectivity index (χ1v) is 7.66. The average molecular weight is 361 g/mol. The summed E-state index contributed by atoms with van der Waals surface area (Å²) in [4.78, 5) is 0. The van der Waals surface area contributed by atoms with E-state index in [1.807, 2.05) is 12.1 Å². The molecule has 2 nitrogen and oxygen atoms in total. The highest BCUT2D eigenvalue weighted by molar-refractivity contribution is 14.1. The summed E-state index contributed by atoms with van der Waals surface area (Å²) in [7, 11) is 0. The van der Waals surface area contributed by atoms with E-state index in [4.69, 9.17) is 4.74 Å². The number of benzene rings is 1. The Morgan fingerprint density at radius 2 is 2.06 bits per heavy atom. The predicted octanol–water partition coefficient (Wildman–Crippen LogP) is 4.23. The highest BCUT2D eigenvalue weighted by Gasteiger charge is 2.15. The summed E-state index contributed by atoms with van der Waals surface area (Å²) in [6.07, 6.45) is 2.46. The van der Waals surface area contributed by atoms with Crippen molar-refractivity contribution in [2.75, 3.05) is 6.54 Å². The summed E-state index contributed by atoms with van der Waals surface area (Å²) in [5, 5.41) is 3.51. The summed E-state index contributed by atoms with van der Waals surface area (Å²) in [6.45, 7) is 9.63. The molecular formula is C15H24INO. The van der Waals surface area contributed by atoms with Crippen molar-refractivity contribution in [2.45, 2.75) is 52.2 Å². The molecule has 0 saturated carbocycles. The van der Waals surface area contributed by atoms with Gasteiger partial charge < -0.3 is 10.1 Å². The Labute approximate surface area is 125 Å². The zero-order valence-electron chi connectivity index (χ0n) is 11.8. The third kappa shape index (κ3) is 6.59. The largest absolute Gasteiger partial charge is 0.489 e. The second-order valence-electron chi connectivity index (χ2n) is 5.62. The minimum atomic E-state index is 0.139. The van der Waals surface area contributed by atoms with Crippen molar-refractivity contribution in [1.82, 2.24) is 5.32 Å². The van der Waals surface area contributed by atoms with Crippen LogP contribution in [0.4, 0.5) is 0 Å². The van der Waals surface area contributed by atoms with Gasteiger partial charge in [0.1, 0.15) is 11.9 Å². The van der Waals surface area contributed by atoms with Crippen LogP contribution in [-0.4, -0.2) is 18.2 Å². The smallest absolute Gasteiger partial charge is 0.120 e. The zero-order chi connectivity index (χ0) is 13.6.